The molecule has 0 bridgehead atoms. The van der Waals surface area contributed by atoms with Crippen molar-refractivity contribution in [2.24, 2.45) is 0 Å². The maximum absolute atomic E-state index is 12.9. The van der Waals surface area contributed by atoms with Gasteiger partial charge in [0, 0.05) is 28.8 Å². The molecule has 5 heteroatoms. The fourth-order valence-corrected chi connectivity index (χ4v) is 3.68. The third-order valence-electron chi connectivity index (χ3n) is 4.63. The summed E-state index contributed by atoms with van der Waals surface area (Å²) >= 11 is 3.39. The van der Waals surface area contributed by atoms with Crippen LogP contribution in [0.15, 0.2) is 46.9 Å². The summed E-state index contributed by atoms with van der Waals surface area (Å²) in [6, 6.07) is 12.9. The topological polar surface area (TPSA) is 40.6 Å². The molecule has 0 aliphatic carbocycles. The minimum Gasteiger partial charge on any atom is -0.325 e. The molecule has 0 aromatic heterocycles. The maximum Gasteiger partial charge on any atom is 0.254 e. The number of anilines is 1. The normalized spacial score (nSPS) is 17.8. The molecule has 1 saturated heterocycles. The first-order chi connectivity index (χ1) is 11.9. The fraction of sp³-hybridized carbons (Fsp3) is 0.300. The van der Waals surface area contributed by atoms with Crippen LogP contribution in [0.4, 0.5) is 5.69 Å². The maximum atomic E-state index is 12.9. The molecule has 4 nitrogen and oxygen atoms in total. The molecule has 0 unspecified atom stereocenters. The second-order valence-electron chi connectivity index (χ2n) is 6.46. The zero-order chi connectivity index (χ0) is 18.1. The molecule has 1 heterocycles. The average Bonchev–Trinajstić information content (AvgIpc) is 2.57. The lowest BCUT2D eigenvalue weighted by atomic mass is 10.1. The van der Waals surface area contributed by atoms with Crippen LogP contribution in [0.2, 0.25) is 0 Å². The second kappa shape index (κ2) is 7.00. The summed E-state index contributed by atoms with van der Waals surface area (Å²) in [5.41, 5.74) is 3.77. The predicted molar refractivity (Wildman–Crippen MR) is 103 cm³/mol. The first kappa shape index (κ1) is 17.7. The Hall–Kier alpha value is -2.14. The third kappa shape index (κ3) is 3.47. The van der Waals surface area contributed by atoms with Crippen LogP contribution in [-0.4, -0.2) is 35.8 Å². The molecule has 1 fully saturated rings. The van der Waals surface area contributed by atoms with E-state index >= 15 is 0 Å². The van der Waals surface area contributed by atoms with Crippen molar-refractivity contribution in [2.45, 2.75) is 26.8 Å². The largest absolute Gasteiger partial charge is 0.325 e. The molecule has 0 N–H and O–H groups in total. The van der Waals surface area contributed by atoms with Crippen LogP contribution in [-0.2, 0) is 4.79 Å². The number of carbonyl (C=O) groups excluding carboxylic acids is 2. The van der Waals surface area contributed by atoms with E-state index in [0.717, 1.165) is 15.7 Å². The smallest absolute Gasteiger partial charge is 0.254 e. The van der Waals surface area contributed by atoms with E-state index in [1.54, 1.807) is 28.9 Å². The molecule has 130 valence electrons. The molecule has 0 saturated carbocycles. The van der Waals surface area contributed by atoms with E-state index in [0.29, 0.717) is 18.7 Å². The summed E-state index contributed by atoms with van der Waals surface area (Å²) in [5, 5.41) is 0. The molecule has 1 atom stereocenters. The lowest BCUT2D eigenvalue weighted by Crippen LogP contribution is -2.57. The molecular weight excluding hydrogens is 380 g/mol. The van der Waals surface area contributed by atoms with Gasteiger partial charge >= 0.3 is 0 Å². The van der Waals surface area contributed by atoms with E-state index in [9.17, 15) is 9.59 Å². The number of nitrogens with zero attached hydrogens (tertiary/aromatic N) is 2. The van der Waals surface area contributed by atoms with Crippen molar-refractivity contribution in [1.82, 2.24) is 4.90 Å². The van der Waals surface area contributed by atoms with Gasteiger partial charge in [-0.25, -0.2) is 0 Å². The van der Waals surface area contributed by atoms with Gasteiger partial charge in [-0.2, -0.15) is 0 Å². The Morgan fingerprint density at radius 1 is 1.12 bits per heavy atom. The zero-order valence-electron chi connectivity index (χ0n) is 14.6. The second-order valence-corrected chi connectivity index (χ2v) is 7.38. The Morgan fingerprint density at radius 3 is 2.56 bits per heavy atom. The minimum atomic E-state index is -0.485. The standard InChI is InChI=1S/C20H21BrN2O2/c1-13-7-8-18(14(2)11-13)23-10-9-22(15(3)19(23)24)20(25)16-5-4-6-17(21)12-16/h4-8,11-12,15H,9-10H2,1-3H3/t15-/m1/s1. The fourth-order valence-electron chi connectivity index (χ4n) is 3.28. The van der Waals surface area contributed by atoms with Crippen molar-refractivity contribution < 1.29 is 9.59 Å². The summed E-state index contributed by atoms with van der Waals surface area (Å²) in [7, 11) is 0. The SMILES string of the molecule is Cc1ccc(N2CCN(C(=O)c3cccc(Br)c3)[C@H](C)C2=O)c(C)c1. The average molecular weight is 401 g/mol. The number of amides is 2. The van der Waals surface area contributed by atoms with Gasteiger partial charge in [0.2, 0.25) is 5.91 Å². The van der Waals surface area contributed by atoms with E-state index in [1.807, 2.05) is 38.1 Å². The van der Waals surface area contributed by atoms with Gasteiger partial charge in [-0.05, 0) is 50.6 Å². The highest BCUT2D eigenvalue weighted by Crippen LogP contribution is 2.26. The Kier molecular flexibility index (Phi) is 4.95. The van der Waals surface area contributed by atoms with E-state index in [4.69, 9.17) is 0 Å². The predicted octanol–water partition coefficient (Wildman–Crippen LogP) is 3.94. The van der Waals surface area contributed by atoms with Crippen molar-refractivity contribution in [2.75, 3.05) is 18.0 Å². The van der Waals surface area contributed by atoms with Gasteiger partial charge in [0.05, 0.1) is 0 Å². The molecule has 2 aromatic carbocycles. The number of hydrogen-bond acceptors (Lipinski definition) is 2. The van der Waals surface area contributed by atoms with Crippen LogP contribution >= 0.6 is 15.9 Å². The number of rotatable bonds is 2. The first-order valence-corrected chi connectivity index (χ1v) is 9.13. The Bertz CT molecular complexity index is 834. The Morgan fingerprint density at radius 2 is 1.88 bits per heavy atom. The van der Waals surface area contributed by atoms with Crippen LogP contribution in [0.25, 0.3) is 0 Å². The number of carbonyl (C=O) groups is 2. The van der Waals surface area contributed by atoms with Crippen molar-refractivity contribution in [1.29, 1.82) is 0 Å². The van der Waals surface area contributed by atoms with Gasteiger partial charge in [0.15, 0.2) is 0 Å². The van der Waals surface area contributed by atoms with Gasteiger partial charge in [0.25, 0.3) is 5.91 Å². The zero-order valence-corrected chi connectivity index (χ0v) is 16.2. The van der Waals surface area contributed by atoms with Crippen molar-refractivity contribution in [3.63, 3.8) is 0 Å². The first-order valence-electron chi connectivity index (χ1n) is 8.33. The van der Waals surface area contributed by atoms with Crippen LogP contribution in [0.5, 0.6) is 0 Å². The van der Waals surface area contributed by atoms with E-state index in [2.05, 4.69) is 22.0 Å². The van der Waals surface area contributed by atoms with Gasteiger partial charge in [0.1, 0.15) is 6.04 Å². The highest BCUT2D eigenvalue weighted by atomic mass is 79.9. The lowest BCUT2D eigenvalue weighted by molar-refractivity contribution is -0.124. The number of halogens is 1. The summed E-state index contributed by atoms with van der Waals surface area (Å²) in [6.07, 6.45) is 0. The van der Waals surface area contributed by atoms with E-state index < -0.39 is 6.04 Å². The summed E-state index contributed by atoms with van der Waals surface area (Å²) < 4.78 is 0.853. The van der Waals surface area contributed by atoms with Gasteiger partial charge in [-0.3, -0.25) is 9.59 Å². The van der Waals surface area contributed by atoms with Crippen LogP contribution in [0.3, 0.4) is 0 Å². The number of benzene rings is 2. The monoisotopic (exact) mass is 400 g/mol. The van der Waals surface area contributed by atoms with Gasteiger partial charge in [-0.1, -0.05) is 39.7 Å². The van der Waals surface area contributed by atoms with Crippen molar-refractivity contribution in [3.8, 4) is 0 Å². The quantitative estimate of drug-likeness (QED) is 0.765. The molecular formula is C20H21BrN2O2. The molecule has 0 radical (unpaired) electrons. The lowest BCUT2D eigenvalue weighted by Gasteiger charge is -2.39. The van der Waals surface area contributed by atoms with Crippen LogP contribution in [0, 0.1) is 13.8 Å². The molecule has 2 amide bonds. The molecule has 1 aliphatic heterocycles. The Labute approximate surface area is 156 Å². The van der Waals surface area contributed by atoms with Crippen LogP contribution < -0.4 is 4.90 Å². The summed E-state index contributed by atoms with van der Waals surface area (Å²) in [4.78, 5) is 29.1. The number of piperazine rings is 1. The highest BCUT2D eigenvalue weighted by molar-refractivity contribution is 9.10. The molecule has 25 heavy (non-hydrogen) atoms. The number of aryl methyl sites for hydroxylation is 2. The molecule has 2 aromatic rings. The van der Waals surface area contributed by atoms with Gasteiger partial charge < -0.3 is 9.80 Å². The number of hydrogen-bond donors (Lipinski definition) is 0. The molecule has 0 spiro atoms. The molecule has 3 rings (SSSR count). The summed E-state index contributed by atoms with van der Waals surface area (Å²) in [5.74, 6) is -0.149. The minimum absolute atomic E-state index is 0.0402. The van der Waals surface area contributed by atoms with Gasteiger partial charge in [-0.15, -0.1) is 0 Å². The molecule has 1 aliphatic rings. The summed E-state index contributed by atoms with van der Waals surface area (Å²) in [6.45, 7) is 6.88. The van der Waals surface area contributed by atoms with Crippen molar-refractivity contribution in [3.05, 3.63) is 63.6 Å². The van der Waals surface area contributed by atoms with E-state index in [1.165, 1.54) is 5.56 Å². The van der Waals surface area contributed by atoms with Crippen molar-refractivity contribution >= 4 is 33.4 Å². The van der Waals surface area contributed by atoms with Crippen LogP contribution in [0.1, 0.15) is 28.4 Å². The highest BCUT2D eigenvalue weighted by Gasteiger charge is 2.35. The Balaban J connectivity index is 1.83. The van der Waals surface area contributed by atoms with E-state index in [-0.39, 0.29) is 11.8 Å². The third-order valence-corrected chi connectivity index (χ3v) is 5.12.